The number of rotatable bonds is 3. The van der Waals surface area contributed by atoms with Crippen LogP contribution in [0.3, 0.4) is 0 Å². The van der Waals surface area contributed by atoms with Crippen LogP contribution < -0.4 is 5.32 Å². The summed E-state index contributed by atoms with van der Waals surface area (Å²) in [4.78, 5) is 13.7. The molecule has 98 valence electrons. The van der Waals surface area contributed by atoms with Crippen LogP contribution in [0, 0.1) is 10.1 Å². The van der Waals surface area contributed by atoms with Gasteiger partial charge in [0.15, 0.2) is 0 Å². The molecule has 2 rings (SSSR count). The molecule has 0 amide bonds. The molecule has 1 saturated carbocycles. The van der Waals surface area contributed by atoms with E-state index >= 15 is 0 Å². The number of hydrogen-bond acceptors (Lipinski definition) is 4. The zero-order valence-electron chi connectivity index (χ0n) is 9.20. The summed E-state index contributed by atoms with van der Waals surface area (Å²) in [6.07, 6.45) is 0.739. The second kappa shape index (κ2) is 4.64. The highest BCUT2D eigenvalue weighted by atomic mass is 35.5. The average molecular weight is 278 g/mol. The van der Waals surface area contributed by atoms with Gasteiger partial charge in [-0.25, -0.2) is 13.8 Å². The lowest BCUT2D eigenvalue weighted by Gasteiger charge is -2.14. The second-order valence-electron chi connectivity index (χ2n) is 4.22. The molecule has 1 aromatic rings. The Morgan fingerprint density at radius 1 is 1.61 bits per heavy atom. The molecule has 0 radical (unpaired) electrons. The first-order valence-electron chi connectivity index (χ1n) is 5.32. The Bertz CT molecular complexity index is 484. The van der Waals surface area contributed by atoms with E-state index in [1.165, 1.54) is 6.07 Å². The molecule has 1 heterocycles. The van der Waals surface area contributed by atoms with Gasteiger partial charge in [0.1, 0.15) is 17.0 Å². The van der Waals surface area contributed by atoms with Gasteiger partial charge in [-0.05, 0) is 6.42 Å². The van der Waals surface area contributed by atoms with Gasteiger partial charge in [-0.2, -0.15) is 0 Å². The van der Waals surface area contributed by atoms with Gasteiger partial charge < -0.3 is 5.32 Å². The molecule has 1 aliphatic carbocycles. The Balaban J connectivity index is 2.18. The van der Waals surface area contributed by atoms with Gasteiger partial charge in [0, 0.05) is 24.9 Å². The SMILES string of the molecule is O=[N+]([O-])c1cnc(Cl)cc1NC1CCC(F)(F)C1. The maximum Gasteiger partial charge on any atom is 0.310 e. The van der Waals surface area contributed by atoms with E-state index in [-0.39, 0.29) is 35.8 Å². The molecule has 1 aliphatic rings. The van der Waals surface area contributed by atoms with Crippen molar-refractivity contribution in [3.63, 3.8) is 0 Å². The van der Waals surface area contributed by atoms with E-state index in [1.807, 2.05) is 0 Å². The first-order chi connectivity index (χ1) is 8.37. The van der Waals surface area contributed by atoms with Crippen LogP contribution in [-0.2, 0) is 0 Å². The largest absolute Gasteiger partial charge is 0.376 e. The number of nitrogens with zero attached hydrogens (tertiary/aromatic N) is 2. The van der Waals surface area contributed by atoms with Crippen molar-refractivity contribution in [3.05, 3.63) is 27.5 Å². The summed E-state index contributed by atoms with van der Waals surface area (Å²) in [6.45, 7) is 0. The summed E-state index contributed by atoms with van der Waals surface area (Å²) < 4.78 is 26.0. The standard InChI is InChI=1S/C10H10ClF2N3O2/c11-9-3-7(8(5-14-9)16(17)18)15-6-1-2-10(12,13)4-6/h3,5-6H,1-2,4H2,(H,14,15). The van der Waals surface area contributed by atoms with Crippen molar-refractivity contribution in [2.75, 3.05) is 5.32 Å². The number of pyridine rings is 1. The number of hydrogen-bond donors (Lipinski definition) is 1. The Kier molecular flexibility index (Phi) is 3.34. The van der Waals surface area contributed by atoms with Gasteiger partial charge in [-0.1, -0.05) is 11.6 Å². The molecule has 1 atom stereocenters. The summed E-state index contributed by atoms with van der Waals surface area (Å²) in [7, 11) is 0. The van der Waals surface area contributed by atoms with Gasteiger partial charge in [0.05, 0.1) is 4.92 Å². The highest BCUT2D eigenvalue weighted by molar-refractivity contribution is 6.29. The Hall–Kier alpha value is -1.50. The number of alkyl halides is 2. The molecule has 0 aliphatic heterocycles. The van der Waals surface area contributed by atoms with Crippen molar-refractivity contribution in [2.45, 2.75) is 31.2 Å². The van der Waals surface area contributed by atoms with Gasteiger partial charge >= 0.3 is 5.69 Å². The normalized spacial score (nSPS) is 21.8. The molecule has 5 nitrogen and oxygen atoms in total. The molecule has 0 saturated heterocycles. The fraction of sp³-hybridized carbons (Fsp3) is 0.500. The van der Waals surface area contributed by atoms with E-state index in [9.17, 15) is 18.9 Å². The highest BCUT2D eigenvalue weighted by Gasteiger charge is 2.39. The van der Waals surface area contributed by atoms with Crippen LogP contribution in [0.2, 0.25) is 5.15 Å². The molecule has 0 spiro atoms. The zero-order chi connectivity index (χ0) is 13.3. The monoisotopic (exact) mass is 277 g/mol. The van der Waals surface area contributed by atoms with E-state index < -0.39 is 16.9 Å². The van der Waals surface area contributed by atoms with Gasteiger partial charge in [-0.3, -0.25) is 10.1 Å². The molecular formula is C10H10ClF2N3O2. The van der Waals surface area contributed by atoms with Crippen LogP contribution in [0.5, 0.6) is 0 Å². The quantitative estimate of drug-likeness (QED) is 0.523. The lowest BCUT2D eigenvalue weighted by atomic mass is 10.2. The summed E-state index contributed by atoms with van der Waals surface area (Å²) in [5.41, 5.74) is -0.141. The third-order valence-electron chi connectivity index (χ3n) is 2.81. The summed E-state index contributed by atoms with van der Waals surface area (Å²) >= 11 is 5.64. The predicted molar refractivity (Wildman–Crippen MR) is 62.1 cm³/mol. The zero-order valence-corrected chi connectivity index (χ0v) is 9.95. The van der Waals surface area contributed by atoms with E-state index in [4.69, 9.17) is 11.6 Å². The van der Waals surface area contributed by atoms with E-state index in [2.05, 4.69) is 10.3 Å². The van der Waals surface area contributed by atoms with Gasteiger partial charge in [0.25, 0.3) is 0 Å². The fourth-order valence-electron chi connectivity index (χ4n) is 1.98. The van der Waals surface area contributed by atoms with E-state index in [0.29, 0.717) is 0 Å². The maximum absolute atomic E-state index is 13.0. The molecule has 1 unspecified atom stereocenters. The predicted octanol–water partition coefficient (Wildman–Crippen LogP) is 3.24. The van der Waals surface area contributed by atoms with Gasteiger partial charge in [0.2, 0.25) is 5.92 Å². The highest BCUT2D eigenvalue weighted by Crippen LogP contribution is 2.37. The average Bonchev–Trinajstić information content (AvgIpc) is 2.57. The lowest BCUT2D eigenvalue weighted by Crippen LogP contribution is -2.19. The summed E-state index contributed by atoms with van der Waals surface area (Å²) in [6, 6.07) is 0.785. The Labute approximate surface area is 106 Å². The minimum Gasteiger partial charge on any atom is -0.376 e. The third-order valence-corrected chi connectivity index (χ3v) is 3.02. The molecule has 18 heavy (non-hydrogen) atoms. The molecule has 0 aromatic carbocycles. The Morgan fingerprint density at radius 3 is 2.89 bits per heavy atom. The van der Waals surface area contributed by atoms with E-state index in [1.54, 1.807) is 0 Å². The summed E-state index contributed by atoms with van der Waals surface area (Å²) in [5, 5.41) is 13.6. The number of aromatic nitrogens is 1. The number of nitrogens with one attached hydrogen (secondary N) is 1. The van der Waals surface area contributed by atoms with Crippen molar-refractivity contribution in [3.8, 4) is 0 Å². The van der Waals surface area contributed by atoms with Crippen LogP contribution in [-0.4, -0.2) is 21.9 Å². The van der Waals surface area contributed by atoms with Crippen molar-refractivity contribution < 1.29 is 13.7 Å². The third kappa shape index (κ3) is 2.84. The van der Waals surface area contributed by atoms with Crippen LogP contribution in [0.1, 0.15) is 19.3 Å². The Morgan fingerprint density at radius 2 is 2.33 bits per heavy atom. The molecule has 0 bridgehead atoms. The molecule has 1 N–H and O–H groups in total. The molecule has 8 heteroatoms. The second-order valence-corrected chi connectivity index (χ2v) is 4.61. The van der Waals surface area contributed by atoms with Crippen LogP contribution in [0.25, 0.3) is 0 Å². The topological polar surface area (TPSA) is 68.1 Å². The maximum atomic E-state index is 13.0. The van der Waals surface area contributed by atoms with Crippen LogP contribution in [0.15, 0.2) is 12.3 Å². The molecular weight excluding hydrogens is 268 g/mol. The number of nitro groups is 1. The van der Waals surface area contributed by atoms with Gasteiger partial charge in [-0.15, -0.1) is 0 Å². The summed E-state index contributed by atoms with van der Waals surface area (Å²) in [5.74, 6) is -2.71. The van der Waals surface area contributed by atoms with Crippen LogP contribution in [0.4, 0.5) is 20.2 Å². The van der Waals surface area contributed by atoms with Crippen molar-refractivity contribution >= 4 is 23.0 Å². The van der Waals surface area contributed by atoms with Crippen LogP contribution >= 0.6 is 11.6 Å². The van der Waals surface area contributed by atoms with Crippen molar-refractivity contribution in [1.82, 2.24) is 4.98 Å². The fourth-order valence-corrected chi connectivity index (χ4v) is 2.13. The van der Waals surface area contributed by atoms with Crippen molar-refractivity contribution in [2.24, 2.45) is 0 Å². The number of anilines is 1. The van der Waals surface area contributed by atoms with Crippen molar-refractivity contribution in [1.29, 1.82) is 0 Å². The molecule has 1 aromatic heterocycles. The van der Waals surface area contributed by atoms with E-state index in [0.717, 1.165) is 6.20 Å². The molecule has 1 fully saturated rings. The first-order valence-corrected chi connectivity index (χ1v) is 5.69. The smallest absolute Gasteiger partial charge is 0.310 e. The lowest BCUT2D eigenvalue weighted by molar-refractivity contribution is -0.384. The first kappa shape index (κ1) is 12.9. The minimum absolute atomic E-state index is 0.0767. The minimum atomic E-state index is -2.71. The number of halogens is 3.